The number of esters is 1. The zero-order valence-corrected chi connectivity index (χ0v) is 33.2. The van der Waals surface area contributed by atoms with E-state index in [1.54, 1.807) is 50.4 Å². The molecule has 6 atom stereocenters. The summed E-state index contributed by atoms with van der Waals surface area (Å²) in [6, 6.07) is 10.6. The molecule has 2 aromatic rings. The summed E-state index contributed by atoms with van der Waals surface area (Å²) < 4.78 is 28.9. The predicted molar refractivity (Wildman–Crippen MR) is 208 cm³/mol. The molecule has 14 heteroatoms. The Morgan fingerprint density at radius 3 is 2.50 bits per heavy atom. The summed E-state index contributed by atoms with van der Waals surface area (Å²) in [5.41, 5.74) is 2.31. The Hall–Kier alpha value is -5.13. The van der Waals surface area contributed by atoms with Crippen molar-refractivity contribution in [2.45, 2.75) is 82.2 Å². The summed E-state index contributed by atoms with van der Waals surface area (Å²) in [6.45, 7) is 5.15. The van der Waals surface area contributed by atoms with Crippen molar-refractivity contribution < 1.29 is 48.0 Å². The van der Waals surface area contributed by atoms with Crippen LogP contribution in [0.25, 0.3) is 5.57 Å². The van der Waals surface area contributed by atoms with Gasteiger partial charge in [0.2, 0.25) is 5.91 Å². The number of carbonyl (C=O) groups excluding carboxylic acids is 4. The standard InChI is InChI=1S/C42H46ClN3O10/c1-24-9-8-10-33(53-7)42(51)22-30(54-40(50)44-42)20-35-41(3,56-35)34(21-36(47)46(5)31-18-26(17-24)19-32(52-6)38(31)43)55-37(48)23-45(4)39(49)29-15-13-28(14-16-29)25(2)27-11-12-27/h8-10,13-16,18-19,30,33-35,51H,17,20-23H2,1-7H3,(H,44,50)/b10-8+,24-9+/t30-,33-,34+,35+,41+,42+/m1/s1. The monoisotopic (exact) mass is 787 g/mol. The number of epoxide rings is 1. The molecule has 2 saturated heterocycles. The van der Waals surface area contributed by atoms with Gasteiger partial charge in [-0.3, -0.25) is 19.7 Å². The normalized spacial score (nSPS) is 28.6. The molecule has 13 nitrogen and oxygen atoms in total. The van der Waals surface area contributed by atoms with Crippen LogP contribution in [-0.4, -0.2) is 104 Å². The molecule has 6 rings (SSSR count). The van der Waals surface area contributed by atoms with E-state index in [1.807, 2.05) is 32.1 Å². The van der Waals surface area contributed by atoms with Gasteiger partial charge >= 0.3 is 12.1 Å². The first kappa shape index (κ1) is 40.5. The minimum atomic E-state index is -1.82. The number of allylic oxidation sites excluding steroid dienone is 5. The number of halogens is 1. The number of aliphatic hydroxyl groups is 1. The Kier molecular flexibility index (Phi) is 11.7. The van der Waals surface area contributed by atoms with Gasteiger partial charge in [-0.2, -0.15) is 0 Å². The van der Waals surface area contributed by atoms with Crippen LogP contribution in [0.15, 0.2) is 65.8 Å². The van der Waals surface area contributed by atoms with Crippen molar-refractivity contribution in [2.24, 2.45) is 0 Å². The lowest BCUT2D eigenvalue weighted by Crippen LogP contribution is -2.62. The zero-order valence-electron chi connectivity index (χ0n) is 32.4. The second-order valence-electron chi connectivity index (χ2n) is 14.8. The first-order valence-electron chi connectivity index (χ1n) is 18.2. The number of likely N-dealkylation sites (N-methyl/N-ethyl adjacent to an activating group) is 1. The maximum atomic E-state index is 14.1. The highest BCUT2D eigenvalue weighted by atomic mass is 35.5. The summed E-state index contributed by atoms with van der Waals surface area (Å²) in [4.78, 5) is 56.4. The van der Waals surface area contributed by atoms with Gasteiger partial charge in [-0.05, 0) is 68.2 Å². The molecule has 3 heterocycles. The summed E-state index contributed by atoms with van der Waals surface area (Å²) in [5.74, 6) is 4.64. The van der Waals surface area contributed by atoms with E-state index in [4.69, 9.17) is 35.3 Å². The van der Waals surface area contributed by atoms with E-state index in [2.05, 4.69) is 17.2 Å². The third-order valence-corrected chi connectivity index (χ3v) is 11.1. The van der Waals surface area contributed by atoms with Gasteiger partial charge in [-0.25, -0.2) is 4.79 Å². The maximum Gasteiger partial charge on any atom is 0.409 e. The SMILES string of the molecule is COc1cc2cc(c1Cl)N(C)C(=O)C[C@H](OC(=O)CN(C)C(=O)c1ccc(C(C)=C3C#C3)cc1)[C@]1(C)O[C@H]1C[C@@H]1C[C@@](O)(NC(=O)O1)[C@H](OC)/C=C/C=C(\C)C2. The number of methoxy groups -OCH3 is 2. The number of benzene rings is 2. The van der Waals surface area contributed by atoms with Crippen LogP contribution in [0, 0.1) is 11.8 Å². The first-order chi connectivity index (χ1) is 26.5. The number of amides is 3. The van der Waals surface area contributed by atoms with Crippen molar-refractivity contribution in [1.29, 1.82) is 0 Å². The van der Waals surface area contributed by atoms with Crippen LogP contribution in [-0.2, 0) is 35.0 Å². The fraction of sp³-hybridized carbons (Fsp3) is 0.429. The third kappa shape index (κ3) is 8.79. The Morgan fingerprint density at radius 2 is 1.84 bits per heavy atom. The fourth-order valence-electron chi connectivity index (χ4n) is 7.16. The van der Waals surface area contributed by atoms with E-state index < -0.39 is 66.2 Å². The number of rotatable bonds is 7. The van der Waals surface area contributed by atoms with Crippen molar-refractivity contribution in [3.63, 3.8) is 0 Å². The molecule has 2 aromatic carbocycles. The van der Waals surface area contributed by atoms with Crippen molar-refractivity contribution in [2.75, 3.05) is 39.8 Å². The zero-order chi connectivity index (χ0) is 40.5. The minimum Gasteiger partial charge on any atom is -0.495 e. The second-order valence-corrected chi connectivity index (χ2v) is 15.2. The van der Waals surface area contributed by atoms with E-state index in [0.717, 1.165) is 27.8 Å². The molecule has 0 spiro atoms. The van der Waals surface area contributed by atoms with Crippen LogP contribution < -0.4 is 15.0 Å². The van der Waals surface area contributed by atoms with Gasteiger partial charge in [0.15, 0.2) is 5.72 Å². The fourth-order valence-corrected chi connectivity index (χ4v) is 7.47. The topological polar surface area (TPSA) is 156 Å². The summed E-state index contributed by atoms with van der Waals surface area (Å²) in [5, 5.41) is 14.4. The Morgan fingerprint density at radius 1 is 1.14 bits per heavy atom. The quantitative estimate of drug-likeness (QED) is 0.223. The highest BCUT2D eigenvalue weighted by Crippen LogP contribution is 2.46. The van der Waals surface area contributed by atoms with E-state index in [9.17, 15) is 24.3 Å². The number of nitrogens with one attached hydrogen (secondary N) is 1. The molecule has 1 aliphatic carbocycles. The Bertz CT molecular complexity index is 2070. The van der Waals surface area contributed by atoms with Crippen LogP contribution in [0.1, 0.15) is 61.5 Å². The lowest BCUT2D eigenvalue weighted by Gasteiger charge is -2.40. The van der Waals surface area contributed by atoms with E-state index >= 15 is 0 Å². The largest absolute Gasteiger partial charge is 0.495 e. The number of alkyl carbamates (subject to hydrolysis) is 1. The summed E-state index contributed by atoms with van der Waals surface area (Å²) >= 11 is 6.75. The number of carbonyl (C=O) groups is 4. The number of anilines is 1. The van der Waals surface area contributed by atoms with Crippen LogP contribution >= 0.6 is 11.6 Å². The second kappa shape index (κ2) is 16.2. The molecule has 3 aliphatic heterocycles. The van der Waals surface area contributed by atoms with Crippen molar-refractivity contribution in [1.82, 2.24) is 10.2 Å². The lowest BCUT2D eigenvalue weighted by molar-refractivity contribution is -0.154. The van der Waals surface area contributed by atoms with Gasteiger partial charge in [0, 0.05) is 39.6 Å². The molecule has 4 bridgehead atoms. The highest BCUT2D eigenvalue weighted by Gasteiger charge is 2.61. The average molecular weight is 788 g/mol. The number of nitrogens with zero attached hydrogens (tertiary/aromatic N) is 2. The molecule has 0 saturated carbocycles. The molecule has 2 fully saturated rings. The lowest BCUT2D eigenvalue weighted by atomic mass is 9.90. The molecular formula is C42H46ClN3O10. The molecule has 3 amide bonds. The first-order valence-corrected chi connectivity index (χ1v) is 18.6. The van der Waals surface area contributed by atoms with Crippen LogP contribution in [0.5, 0.6) is 5.75 Å². The van der Waals surface area contributed by atoms with Gasteiger partial charge in [0.1, 0.15) is 41.2 Å². The van der Waals surface area contributed by atoms with E-state index in [-0.39, 0.29) is 24.3 Å². The summed E-state index contributed by atoms with van der Waals surface area (Å²) in [6.07, 6.45) is 1.07. The van der Waals surface area contributed by atoms with Crippen LogP contribution in [0.4, 0.5) is 10.5 Å². The van der Waals surface area contributed by atoms with Crippen LogP contribution in [0.3, 0.4) is 0 Å². The van der Waals surface area contributed by atoms with Crippen molar-refractivity contribution in [3.05, 3.63) is 87.5 Å². The van der Waals surface area contributed by atoms with Crippen LogP contribution in [0.2, 0.25) is 5.02 Å². The summed E-state index contributed by atoms with van der Waals surface area (Å²) in [7, 11) is 5.97. The van der Waals surface area contributed by atoms with Gasteiger partial charge in [0.25, 0.3) is 5.91 Å². The van der Waals surface area contributed by atoms with Gasteiger partial charge in [0.05, 0.1) is 30.9 Å². The van der Waals surface area contributed by atoms with Crippen molar-refractivity contribution >= 4 is 46.7 Å². The molecular weight excluding hydrogens is 742 g/mol. The Balaban J connectivity index is 1.27. The van der Waals surface area contributed by atoms with E-state index in [1.165, 1.54) is 31.1 Å². The smallest absolute Gasteiger partial charge is 0.409 e. The highest BCUT2D eigenvalue weighted by molar-refractivity contribution is 6.35. The van der Waals surface area contributed by atoms with Gasteiger partial charge in [-0.1, -0.05) is 59.4 Å². The van der Waals surface area contributed by atoms with E-state index in [0.29, 0.717) is 23.4 Å². The minimum absolute atomic E-state index is 0.0465. The molecule has 296 valence electrons. The van der Waals surface area contributed by atoms with Gasteiger partial charge < -0.3 is 38.6 Å². The molecule has 56 heavy (non-hydrogen) atoms. The molecule has 0 unspecified atom stereocenters. The maximum absolute atomic E-state index is 14.1. The number of ether oxygens (including phenoxy) is 5. The molecule has 0 aromatic heterocycles. The predicted octanol–water partition coefficient (Wildman–Crippen LogP) is 4.98. The Labute approximate surface area is 331 Å². The number of hydrogen-bond acceptors (Lipinski definition) is 10. The van der Waals surface area contributed by atoms with Gasteiger partial charge in [-0.15, -0.1) is 0 Å². The molecule has 0 radical (unpaired) electrons. The number of hydrogen-bond donors (Lipinski definition) is 2. The molecule has 2 N–H and O–H groups in total. The molecule has 4 aliphatic rings. The number of fused-ring (bicyclic) bond motifs is 5. The average Bonchev–Trinajstić information content (AvgIpc) is 4.09. The third-order valence-electron chi connectivity index (χ3n) is 10.7. The van der Waals surface area contributed by atoms with Crippen molar-refractivity contribution in [3.8, 4) is 17.6 Å².